The zero-order valence-corrected chi connectivity index (χ0v) is 21.3. The van der Waals surface area contributed by atoms with Crippen LogP contribution in [0.2, 0.25) is 0 Å². The first kappa shape index (κ1) is 22.9. The standard InChI is InChI=1S/C28H17N3S.C5H8/c1-2-8-18(9-3-1)22-11-6-14-27(30-22)31-23-12-7-15-29-28(23)21-16-20-19-10-4-5-13-25(19)32-26(20)17-24(21)31;1-3-5-4-2/h1-17H;3-5H,1H2,2H3/b;5-4-. The maximum Gasteiger partial charge on any atom is 0.138 e. The molecule has 0 N–H and O–H groups in total. The van der Waals surface area contributed by atoms with E-state index in [-0.39, 0.29) is 0 Å². The van der Waals surface area contributed by atoms with Crippen molar-refractivity contribution in [2.24, 2.45) is 0 Å². The van der Waals surface area contributed by atoms with E-state index in [0.29, 0.717) is 0 Å². The Hall–Kier alpha value is -4.54. The van der Waals surface area contributed by atoms with Crippen LogP contribution < -0.4 is 0 Å². The third kappa shape index (κ3) is 4.11. The quantitative estimate of drug-likeness (QED) is 0.229. The first-order valence-electron chi connectivity index (χ1n) is 12.3. The molecule has 0 bridgehead atoms. The smallest absolute Gasteiger partial charge is 0.138 e. The van der Waals surface area contributed by atoms with Crippen molar-refractivity contribution in [1.29, 1.82) is 0 Å². The maximum atomic E-state index is 5.05. The summed E-state index contributed by atoms with van der Waals surface area (Å²) in [6.45, 7) is 5.42. The molecule has 4 heteroatoms. The van der Waals surface area contributed by atoms with E-state index in [1.807, 2.05) is 60.9 Å². The Morgan fingerprint density at radius 3 is 2.41 bits per heavy atom. The molecule has 0 aliphatic heterocycles. The van der Waals surface area contributed by atoms with Crippen LogP contribution in [0, 0.1) is 0 Å². The van der Waals surface area contributed by atoms with Gasteiger partial charge in [0.1, 0.15) is 5.82 Å². The minimum atomic E-state index is 0.903. The van der Waals surface area contributed by atoms with Crippen LogP contribution in [0.25, 0.3) is 59.2 Å². The van der Waals surface area contributed by atoms with E-state index in [4.69, 9.17) is 9.97 Å². The van der Waals surface area contributed by atoms with E-state index in [1.54, 1.807) is 6.08 Å². The van der Waals surface area contributed by atoms with E-state index >= 15 is 0 Å². The molecule has 37 heavy (non-hydrogen) atoms. The summed E-state index contributed by atoms with van der Waals surface area (Å²) in [7, 11) is 0. The third-order valence-electron chi connectivity index (χ3n) is 6.38. The molecule has 0 saturated carbocycles. The van der Waals surface area contributed by atoms with Gasteiger partial charge >= 0.3 is 0 Å². The Labute approximate surface area is 219 Å². The highest BCUT2D eigenvalue weighted by Crippen LogP contribution is 2.39. The van der Waals surface area contributed by atoms with Crippen LogP contribution in [0.3, 0.4) is 0 Å². The predicted octanol–water partition coefficient (Wildman–Crippen LogP) is 9.36. The lowest BCUT2D eigenvalue weighted by molar-refractivity contribution is 1.08. The number of nitrogens with zero attached hydrogens (tertiary/aromatic N) is 3. The molecular formula is C33H25N3S. The van der Waals surface area contributed by atoms with Crippen LogP contribution in [0.5, 0.6) is 0 Å². The fourth-order valence-corrected chi connectivity index (χ4v) is 5.87. The van der Waals surface area contributed by atoms with Gasteiger partial charge in [-0.2, -0.15) is 0 Å². The van der Waals surface area contributed by atoms with Crippen molar-refractivity contribution >= 4 is 53.4 Å². The molecule has 0 atom stereocenters. The Bertz CT molecular complexity index is 1910. The van der Waals surface area contributed by atoms with Crippen molar-refractivity contribution in [1.82, 2.24) is 14.5 Å². The van der Waals surface area contributed by atoms with E-state index in [2.05, 4.69) is 83.9 Å². The molecule has 0 unspecified atom stereocenters. The summed E-state index contributed by atoms with van der Waals surface area (Å²) in [4.78, 5) is 9.81. The van der Waals surface area contributed by atoms with Crippen LogP contribution in [0.15, 0.2) is 128 Å². The molecule has 0 spiro atoms. The van der Waals surface area contributed by atoms with Crippen LogP contribution in [0.1, 0.15) is 6.92 Å². The average molecular weight is 496 g/mol. The summed E-state index contributed by atoms with van der Waals surface area (Å²) in [5.74, 6) is 0.903. The molecular weight excluding hydrogens is 470 g/mol. The van der Waals surface area contributed by atoms with E-state index in [0.717, 1.165) is 39.0 Å². The lowest BCUT2D eigenvalue weighted by Gasteiger charge is -2.09. The second-order valence-electron chi connectivity index (χ2n) is 8.68. The molecule has 178 valence electrons. The Balaban J connectivity index is 0.000000463. The molecule has 7 rings (SSSR count). The lowest BCUT2D eigenvalue weighted by Crippen LogP contribution is -1.98. The molecule has 3 aromatic carbocycles. The molecule has 0 amide bonds. The lowest BCUT2D eigenvalue weighted by atomic mass is 10.1. The number of pyridine rings is 2. The largest absolute Gasteiger partial charge is 0.292 e. The van der Waals surface area contributed by atoms with Crippen molar-refractivity contribution in [3.63, 3.8) is 0 Å². The number of rotatable bonds is 3. The van der Waals surface area contributed by atoms with E-state index < -0.39 is 0 Å². The maximum absolute atomic E-state index is 5.05. The second-order valence-corrected chi connectivity index (χ2v) is 9.76. The van der Waals surface area contributed by atoms with Crippen molar-refractivity contribution in [3.05, 3.63) is 128 Å². The van der Waals surface area contributed by atoms with Crippen LogP contribution in [-0.2, 0) is 0 Å². The number of allylic oxidation sites excluding steroid dienone is 3. The topological polar surface area (TPSA) is 30.7 Å². The second kappa shape index (κ2) is 9.84. The van der Waals surface area contributed by atoms with Gasteiger partial charge in [-0.15, -0.1) is 11.3 Å². The molecule has 7 aromatic rings. The molecule has 0 aliphatic rings. The van der Waals surface area contributed by atoms with Crippen molar-refractivity contribution < 1.29 is 0 Å². The first-order chi connectivity index (χ1) is 18.3. The number of fused-ring (bicyclic) bond motifs is 6. The summed E-state index contributed by atoms with van der Waals surface area (Å²) in [5.41, 5.74) is 5.29. The van der Waals surface area contributed by atoms with E-state index in [1.165, 1.54) is 20.2 Å². The van der Waals surface area contributed by atoms with Gasteiger partial charge in [0.05, 0.1) is 22.2 Å². The molecule has 4 heterocycles. The molecule has 0 radical (unpaired) electrons. The zero-order valence-electron chi connectivity index (χ0n) is 20.5. The average Bonchev–Trinajstić information content (AvgIpc) is 3.48. The predicted molar refractivity (Wildman–Crippen MR) is 160 cm³/mol. The third-order valence-corrected chi connectivity index (χ3v) is 7.51. The van der Waals surface area contributed by atoms with Crippen LogP contribution in [-0.4, -0.2) is 14.5 Å². The van der Waals surface area contributed by atoms with Gasteiger partial charge in [0.15, 0.2) is 0 Å². The van der Waals surface area contributed by atoms with Crippen LogP contribution >= 0.6 is 11.3 Å². The molecule has 0 aliphatic carbocycles. The summed E-state index contributed by atoms with van der Waals surface area (Å²) in [6, 6.07) is 33.9. The first-order valence-corrected chi connectivity index (χ1v) is 13.1. The molecule has 0 fully saturated rings. The summed E-state index contributed by atoms with van der Waals surface area (Å²) in [5, 5.41) is 3.74. The Morgan fingerprint density at radius 2 is 1.59 bits per heavy atom. The van der Waals surface area contributed by atoms with Gasteiger partial charge in [0.25, 0.3) is 0 Å². The number of hydrogen-bond donors (Lipinski definition) is 0. The fourth-order valence-electron chi connectivity index (χ4n) is 4.75. The zero-order chi connectivity index (χ0) is 25.2. The normalized spacial score (nSPS) is 11.4. The van der Waals surface area contributed by atoms with Gasteiger partial charge in [0, 0.05) is 37.3 Å². The number of thiophene rings is 1. The van der Waals surface area contributed by atoms with Gasteiger partial charge in [-0.1, -0.05) is 79.4 Å². The SMILES string of the molecule is C=C/C=C\C.c1ccc(-c2cccc(-n3c4cc5sc6ccccc6c5cc4c4ncccc43)n2)cc1. The van der Waals surface area contributed by atoms with Crippen LogP contribution in [0.4, 0.5) is 0 Å². The number of aromatic nitrogens is 3. The van der Waals surface area contributed by atoms with Crippen molar-refractivity contribution in [2.45, 2.75) is 6.92 Å². The number of hydrogen-bond acceptors (Lipinski definition) is 3. The van der Waals surface area contributed by atoms with E-state index in [9.17, 15) is 0 Å². The monoisotopic (exact) mass is 495 g/mol. The highest BCUT2D eigenvalue weighted by molar-refractivity contribution is 7.25. The van der Waals surface area contributed by atoms with Gasteiger partial charge < -0.3 is 0 Å². The minimum absolute atomic E-state index is 0.903. The summed E-state index contributed by atoms with van der Waals surface area (Å²) < 4.78 is 4.83. The molecule has 4 aromatic heterocycles. The number of benzene rings is 3. The van der Waals surface area contributed by atoms with Gasteiger partial charge in [-0.25, -0.2) is 4.98 Å². The fraction of sp³-hybridized carbons (Fsp3) is 0.0303. The van der Waals surface area contributed by atoms with Crippen molar-refractivity contribution in [3.8, 4) is 17.1 Å². The Kier molecular flexibility index (Phi) is 6.09. The summed E-state index contributed by atoms with van der Waals surface area (Å²) in [6.07, 6.45) is 7.45. The van der Waals surface area contributed by atoms with Gasteiger partial charge in [0.2, 0.25) is 0 Å². The van der Waals surface area contributed by atoms with Crippen molar-refractivity contribution in [2.75, 3.05) is 0 Å². The van der Waals surface area contributed by atoms with Gasteiger partial charge in [-0.3, -0.25) is 9.55 Å². The summed E-state index contributed by atoms with van der Waals surface area (Å²) >= 11 is 1.84. The molecule has 0 saturated heterocycles. The van der Waals surface area contributed by atoms with Gasteiger partial charge in [-0.05, 0) is 49.4 Å². The minimum Gasteiger partial charge on any atom is -0.292 e. The highest BCUT2D eigenvalue weighted by atomic mass is 32.1. The molecule has 3 nitrogen and oxygen atoms in total. The highest BCUT2D eigenvalue weighted by Gasteiger charge is 2.17. The Morgan fingerprint density at radius 1 is 0.757 bits per heavy atom.